The molecule has 100 valence electrons. The summed E-state index contributed by atoms with van der Waals surface area (Å²) in [5.74, 6) is 0.336. The zero-order valence-corrected chi connectivity index (χ0v) is 11.3. The van der Waals surface area contributed by atoms with Gasteiger partial charge in [0.1, 0.15) is 11.9 Å². The fraction of sp³-hybridized carbons (Fsp3) is 0.250. The van der Waals surface area contributed by atoms with Crippen LogP contribution in [0.5, 0.6) is 5.75 Å². The van der Waals surface area contributed by atoms with E-state index in [0.717, 1.165) is 28.5 Å². The van der Waals surface area contributed by atoms with E-state index in [1.165, 1.54) is 11.9 Å². The van der Waals surface area contributed by atoms with Crippen LogP contribution in [0.15, 0.2) is 24.3 Å². The Hall–Kier alpha value is -2.36. The van der Waals surface area contributed by atoms with Crippen molar-refractivity contribution in [2.75, 3.05) is 7.05 Å². The number of benzene rings is 2. The molecule has 1 unspecified atom stereocenters. The summed E-state index contributed by atoms with van der Waals surface area (Å²) in [6.07, 6.45) is 0.907. The first-order valence-corrected chi connectivity index (χ1v) is 6.65. The molecule has 4 heteroatoms. The Morgan fingerprint density at radius 1 is 1.20 bits per heavy atom. The van der Waals surface area contributed by atoms with Gasteiger partial charge in [0.25, 0.3) is 11.8 Å². The maximum absolute atomic E-state index is 12.4. The molecular weight excluding hydrogens is 254 g/mol. The van der Waals surface area contributed by atoms with Crippen LogP contribution in [0, 0.1) is 0 Å². The molecule has 0 spiro atoms. The molecule has 4 nitrogen and oxygen atoms in total. The quantitative estimate of drug-likeness (QED) is 0.688. The fourth-order valence-electron chi connectivity index (χ4n) is 3.16. The Kier molecular flexibility index (Phi) is 2.06. The molecule has 0 aliphatic carbocycles. The van der Waals surface area contributed by atoms with Gasteiger partial charge < -0.3 is 4.74 Å². The second-order valence-corrected chi connectivity index (χ2v) is 5.44. The molecule has 0 aromatic heterocycles. The van der Waals surface area contributed by atoms with Crippen molar-refractivity contribution in [1.29, 1.82) is 0 Å². The lowest BCUT2D eigenvalue weighted by atomic mass is 9.91. The Morgan fingerprint density at radius 3 is 2.75 bits per heavy atom. The summed E-state index contributed by atoms with van der Waals surface area (Å²) in [4.78, 5) is 25.8. The van der Waals surface area contributed by atoms with E-state index >= 15 is 0 Å². The van der Waals surface area contributed by atoms with Crippen molar-refractivity contribution in [1.82, 2.24) is 4.90 Å². The average Bonchev–Trinajstić information content (AvgIpc) is 2.82. The van der Waals surface area contributed by atoms with E-state index in [1.807, 2.05) is 25.1 Å². The van der Waals surface area contributed by atoms with Gasteiger partial charge in [-0.1, -0.05) is 12.1 Å². The largest absolute Gasteiger partial charge is 0.489 e. The number of imide groups is 1. The van der Waals surface area contributed by atoms with Crippen molar-refractivity contribution < 1.29 is 14.3 Å². The molecule has 2 aliphatic rings. The van der Waals surface area contributed by atoms with Gasteiger partial charge in [0.05, 0.1) is 0 Å². The fourth-order valence-corrected chi connectivity index (χ4v) is 3.16. The molecule has 2 heterocycles. The lowest BCUT2D eigenvalue weighted by Crippen LogP contribution is -2.36. The van der Waals surface area contributed by atoms with Gasteiger partial charge in [-0.2, -0.15) is 0 Å². The summed E-state index contributed by atoms with van der Waals surface area (Å²) in [7, 11) is 1.53. The minimum absolute atomic E-state index is 0.108. The van der Waals surface area contributed by atoms with Crippen molar-refractivity contribution >= 4 is 22.6 Å². The molecule has 0 saturated heterocycles. The van der Waals surface area contributed by atoms with Gasteiger partial charge >= 0.3 is 0 Å². The summed E-state index contributed by atoms with van der Waals surface area (Å²) < 4.78 is 5.86. The first-order valence-electron chi connectivity index (χ1n) is 6.65. The molecule has 2 aliphatic heterocycles. The van der Waals surface area contributed by atoms with Gasteiger partial charge in [-0.15, -0.1) is 0 Å². The van der Waals surface area contributed by atoms with Crippen molar-refractivity contribution in [3.63, 3.8) is 0 Å². The van der Waals surface area contributed by atoms with Crippen LogP contribution in [0.2, 0.25) is 0 Å². The zero-order chi connectivity index (χ0) is 14.0. The number of hydrogen-bond donors (Lipinski definition) is 0. The molecule has 2 aromatic carbocycles. The predicted octanol–water partition coefficient (Wildman–Crippen LogP) is 2.39. The summed E-state index contributed by atoms with van der Waals surface area (Å²) in [6, 6.07) is 7.42. The molecule has 0 saturated carbocycles. The van der Waals surface area contributed by atoms with Crippen molar-refractivity contribution in [3.8, 4) is 5.75 Å². The number of fused-ring (bicyclic) bond motifs is 2. The first kappa shape index (κ1) is 11.5. The maximum Gasteiger partial charge on any atom is 0.261 e. The third kappa shape index (κ3) is 1.26. The van der Waals surface area contributed by atoms with E-state index in [-0.39, 0.29) is 17.9 Å². The average molecular weight is 267 g/mol. The van der Waals surface area contributed by atoms with Crippen molar-refractivity contribution in [2.24, 2.45) is 0 Å². The molecule has 0 N–H and O–H groups in total. The first-order chi connectivity index (χ1) is 9.58. The molecular formula is C16H13NO3. The van der Waals surface area contributed by atoms with Gasteiger partial charge in [0.15, 0.2) is 0 Å². The molecule has 0 fully saturated rings. The van der Waals surface area contributed by atoms with Crippen LogP contribution < -0.4 is 4.74 Å². The third-order valence-corrected chi connectivity index (χ3v) is 4.09. The topological polar surface area (TPSA) is 46.6 Å². The minimum Gasteiger partial charge on any atom is -0.489 e. The van der Waals surface area contributed by atoms with Crippen molar-refractivity contribution in [3.05, 3.63) is 41.0 Å². The van der Waals surface area contributed by atoms with E-state index in [4.69, 9.17) is 4.74 Å². The second-order valence-electron chi connectivity index (χ2n) is 5.44. The highest BCUT2D eigenvalue weighted by Crippen LogP contribution is 2.41. The van der Waals surface area contributed by atoms with E-state index < -0.39 is 0 Å². The van der Waals surface area contributed by atoms with Gasteiger partial charge in [0.2, 0.25) is 0 Å². The highest BCUT2D eigenvalue weighted by molar-refractivity contribution is 6.26. The predicted molar refractivity (Wildman–Crippen MR) is 74.2 cm³/mol. The van der Waals surface area contributed by atoms with Crippen LogP contribution in [0.4, 0.5) is 0 Å². The number of ether oxygens (including phenoxy) is 1. The molecule has 0 radical (unpaired) electrons. The van der Waals surface area contributed by atoms with E-state index in [1.54, 1.807) is 6.07 Å². The van der Waals surface area contributed by atoms with Crippen LogP contribution >= 0.6 is 0 Å². The Labute approximate surface area is 115 Å². The summed E-state index contributed by atoms with van der Waals surface area (Å²) in [5.41, 5.74) is 2.23. The molecule has 0 bridgehead atoms. The molecule has 4 rings (SSSR count). The second kappa shape index (κ2) is 3.60. The lowest BCUT2D eigenvalue weighted by Gasteiger charge is -2.24. The van der Waals surface area contributed by atoms with E-state index in [2.05, 4.69) is 0 Å². The van der Waals surface area contributed by atoms with Crippen LogP contribution in [-0.2, 0) is 6.42 Å². The molecule has 2 aromatic rings. The zero-order valence-electron chi connectivity index (χ0n) is 11.3. The number of hydrogen-bond acceptors (Lipinski definition) is 3. The number of amides is 2. The highest BCUT2D eigenvalue weighted by Gasteiger charge is 2.33. The van der Waals surface area contributed by atoms with Crippen LogP contribution in [0.3, 0.4) is 0 Å². The van der Waals surface area contributed by atoms with E-state index in [9.17, 15) is 9.59 Å². The Bertz CT molecular complexity index is 794. The minimum atomic E-state index is -0.251. The third-order valence-electron chi connectivity index (χ3n) is 4.09. The maximum atomic E-state index is 12.4. The van der Waals surface area contributed by atoms with Crippen LogP contribution in [-0.4, -0.2) is 29.9 Å². The van der Waals surface area contributed by atoms with Crippen LogP contribution in [0.1, 0.15) is 33.2 Å². The number of carbonyl (C=O) groups excluding carboxylic acids is 2. The SMILES string of the molecule is CC1Cc2cc3c4c(cccc4c2O1)C(=O)N(C)C3=O. The molecule has 20 heavy (non-hydrogen) atoms. The molecule has 2 amide bonds. The number of carbonyl (C=O) groups is 2. The monoisotopic (exact) mass is 267 g/mol. The van der Waals surface area contributed by atoms with Gasteiger partial charge in [-0.25, -0.2) is 0 Å². The smallest absolute Gasteiger partial charge is 0.261 e. The van der Waals surface area contributed by atoms with Gasteiger partial charge in [-0.05, 0) is 24.6 Å². The summed E-state index contributed by atoms with van der Waals surface area (Å²) >= 11 is 0. The summed E-state index contributed by atoms with van der Waals surface area (Å²) in [5, 5.41) is 1.60. The van der Waals surface area contributed by atoms with Gasteiger partial charge in [-0.3, -0.25) is 14.5 Å². The number of nitrogens with zero attached hydrogens (tertiary/aromatic N) is 1. The van der Waals surface area contributed by atoms with E-state index in [0.29, 0.717) is 11.1 Å². The lowest BCUT2D eigenvalue weighted by molar-refractivity contribution is 0.0650. The standard InChI is InChI=1S/C16H13NO3/c1-8-6-9-7-12-13-10(14(9)20-8)4-3-5-11(13)15(18)17(2)16(12)19/h3-5,7-8H,6H2,1-2H3. The summed E-state index contributed by atoms with van der Waals surface area (Å²) in [6.45, 7) is 2.01. The number of rotatable bonds is 0. The normalized spacial score (nSPS) is 20.3. The Balaban J connectivity index is 2.17. The Morgan fingerprint density at radius 2 is 1.95 bits per heavy atom. The van der Waals surface area contributed by atoms with Crippen molar-refractivity contribution in [2.45, 2.75) is 19.4 Å². The van der Waals surface area contributed by atoms with Gasteiger partial charge in [0, 0.05) is 35.4 Å². The van der Waals surface area contributed by atoms with Crippen LogP contribution in [0.25, 0.3) is 10.8 Å². The highest BCUT2D eigenvalue weighted by atomic mass is 16.5. The molecule has 1 atom stereocenters.